The fourth-order valence-corrected chi connectivity index (χ4v) is 6.49. The van der Waals surface area contributed by atoms with Crippen molar-refractivity contribution < 1.29 is 31.8 Å². The van der Waals surface area contributed by atoms with Gasteiger partial charge in [0.15, 0.2) is 23.0 Å². The van der Waals surface area contributed by atoms with Gasteiger partial charge in [0.2, 0.25) is 11.6 Å². The zero-order valence-electron chi connectivity index (χ0n) is 25.5. The van der Waals surface area contributed by atoms with Crippen LogP contribution in [-0.2, 0) is 29.8 Å². The lowest BCUT2D eigenvalue weighted by molar-refractivity contribution is -0.144. The molecule has 0 aliphatic carbocycles. The van der Waals surface area contributed by atoms with Gasteiger partial charge in [-0.15, -0.1) is 20.4 Å². The van der Waals surface area contributed by atoms with Gasteiger partial charge in [-0.1, -0.05) is 17.7 Å². The average molecular weight is 686 g/mol. The molecule has 5 aromatic rings. The largest absolute Gasteiger partial charge is 0.451 e. The first-order valence-electron chi connectivity index (χ1n) is 15.4. The number of imidazole rings is 1. The molecule has 3 aliphatic heterocycles. The van der Waals surface area contributed by atoms with Gasteiger partial charge in [-0.2, -0.15) is 13.2 Å². The molecule has 0 saturated carbocycles. The molecule has 2 fully saturated rings. The highest BCUT2D eigenvalue weighted by atomic mass is 35.5. The van der Waals surface area contributed by atoms with Gasteiger partial charge < -0.3 is 23.8 Å². The third-order valence-electron chi connectivity index (χ3n) is 9.02. The Kier molecular flexibility index (Phi) is 7.49. The third-order valence-corrected chi connectivity index (χ3v) is 9.25. The van der Waals surface area contributed by atoms with Crippen molar-refractivity contribution in [3.05, 3.63) is 70.3 Å². The highest BCUT2D eigenvalue weighted by Crippen LogP contribution is 2.50. The summed E-state index contributed by atoms with van der Waals surface area (Å²) in [6, 6.07) is 8.11. The first-order valence-corrected chi connectivity index (χ1v) is 15.8. The topological polar surface area (TPSA) is 129 Å². The maximum absolute atomic E-state index is 14.9. The number of aromatic amines is 1. The summed E-state index contributed by atoms with van der Waals surface area (Å²) in [4.78, 5) is 13.6. The number of ether oxygens (including phenoxy) is 3. The van der Waals surface area contributed by atoms with E-state index in [1.807, 2.05) is 4.57 Å². The van der Waals surface area contributed by atoms with Crippen LogP contribution in [0.5, 0.6) is 11.5 Å². The van der Waals surface area contributed by atoms with E-state index < -0.39 is 23.6 Å². The molecule has 7 heterocycles. The Morgan fingerprint density at radius 2 is 1.81 bits per heavy atom. The van der Waals surface area contributed by atoms with E-state index in [1.165, 1.54) is 12.3 Å². The molecule has 2 saturated heterocycles. The lowest BCUT2D eigenvalue weighted by Crippen LogP contribution is -2.35. The number of likely N-dealkylation sites (tertiary alicyclic amines) is 1. The lowest BCUT2D eigenvalue weighted by atomic mass is 9.88. The van der Waals surface area contributed by atoms with Crippen LogP contribution in [0.25, 0.3) is 22.7 Å². The van der Waals surface area contributed by atoms with E-state index in [9.17, 15) is 17.6 Å². The van der Waals surface area contributed by atoms with Crippen molar-refractivity contribution in [2.24, 2.45) is 0 Å². The monoisotopic (exact) mass is 685 g/mol. The van der Waals surface area contributed by atoms with Crippen molar-refractivity contribution in [1.82, 2.24) is 44.8 Å². The molecular formula is C31H28ClF4N9O3. The number of nitrogens with zero attached hydrogens (tertiary/aromatic N) is 8. The fraction of sp³-hybridized carbons (Fsp3) is 0.419. The third kappa shape index (κ3) is 5.60. The highest BCUT2D eigenvalue weighted by molar-refractivity contribution is 6.30. The molecule has 0 spiro atoms. The van der Waals surface area contributed by atoms with E-state index in [0.29, 0.717) is 47.3 Å². The van der Waals surface area contributed by atoms with Gasteiger partial charge >= 0.3 is 6.18 Å². The maximum atomic E-state index is 14.9. The molecule has 2 unspecified atom stereocenters. The van der Waals surface area contributed by atoms with Gasteiger partial charge in [0, 0.05) is 25.3 Å². The smallest absolute Gasteiger partial charge is 0.443 e. The van der Waals surface area contributed by atoms with Gasteiger partial charge in [0.25, 0.3) is 5.79 Å². The standard InChI is InChI=1S/C31H28ClF4N9O3/c1-30(23-5-2-17(32)13-37-23)47-25-19(3-4-20(33)26(25)48-30)16-6-9-44(10-7-16)15-24-38-22-12-21(27-39-29(43-41-27)31(34,35)36)40-42-28(22)45(24)14-18-8-11-46-18/h2-5,12-13,16,18H,6-11,14-15H2,1H3,(H,39,41,43). The zero-order valence-corrected chi connectivity index (χ0v) is 26.2. The van der Waals surface area contributed by atoms with Crippen LogP contribution in [-0.4, -0.2) is 70.6 Å². The van der Waals surface area contributed by atoms with Crippen LogP contribution in [0.2, 0.25) is 5.02 Å². The second-order valence-electron chi connectivity index (χ2n) is 12.2. The Bertz CT molecular complexity index is 1990. The van der Waals surface area contributed by atoms with Crippen molar-refractivity contribution in [3.63, 3.8) is 0 Å². The van der Waals surface area contributed by atoms with Crippen LogP contribution in [0.15, 0.2) is 36.5 Å². The fourth-order valence-electron chi connectivity index (χ4n) is 6.37. The summed E-state index contributed by atoms with van der Waals surface area (Å²) >= 11 is 6.01. The molecule has 1 N–H and O–H groups in total. The summed E-state index contributed by atoms with van der Waals surface area (Å²) in [7, 11) is 0. The normalized spacial score (nSPS) is 21.6. The van der Waals surface area contributed by atoms with Crippen molar-refractivity contribution >= 4 is 22.8 Å². The van der Waals surface area contributed by atoms with Crippen LogP contribution >= 0.6 is 11.6 Å². The summed E-state index contributed by atoms with van der Waals surface area (Å²) in [6.07, 6.45) is -0.710. The number of rotatable bonds is 7. The van der Waals surface area contributed by atoms with E-state index in [2.05, 4.69) is 35.3 Å². The Labute approximate surface area is 275 Å². The second kappa shape index (κ2) is 11.6. The number of halogens is 5. The number of hydrogen-bond acceptors (Lipinski definition) is 10. The molecule has 3 aliphatic rings. The van der Waals surface area contributed by atoms with Gasteiger partial charge in [-0.25, -0.2) is 9.37 Å². The molecule has 12 nitrogen and oxygen atoms in total. The summed E-state index contributed by atoms with van der Waals surface area (Å²) in [6.45, 7) is 4.87. The van der Waals surface area contributed by atoms with Gasteiger partial charge in [-0.3, -0.25) is 9.88 Å². The molecule has 0 radical (unpaired) electrons. The number of benzene rings is 1. The van der Waals surface area contributed by atoms with Crippen LogP contribution < -0.4 is 9.47 Å². The number of fused-ring (bicyclic) bond motifs is 2. The van der Waals surface area contributed by atoms with Gasteiger partial charge in [0.1, 0.15) is 22.7 Å². The SMILES string of the molecule is CC1(c2ccc(Cl)cn2)Oc2c(F)ccc(C3CCN(Cc4nc5cc(-c6nnc(C(F)(F)F)[nH]6)nnc5n4CC4CCO4)CC3)c2O1. The minimum atomic E-state index is -4.67. The van der Waals surface area contributed by atoms with Crippen molar-refractivity contribution in [2.45, 2.75) is 63.3 Å². The number of nitrogens with one attached hydrogen (secondary N) is 1. The quantitative estimate of drug-likeness (QED) is 0.215. The molecule has 8 rings (SSSR count). The number of alkyl halides is 3. The van der Waals surface area contributed by atoms with Gasteiger partial charge in [-0.05, 0) is 62.5 Å². The summed E-state index contributed by atoms with van der Waals surface area (Å²) in [5, 5.41) is 15.7. The molecule has 2 atom stereocenters. The number of piperidine rings is 1. The number of hydrogen-bond donors (Lipinski definition) is 1. The van der Waals surface area contributed by atoms with Gasteiger partial charge in [0.05, 0.1) is 24.2 Å². The minimum absolute atomic E-state index is 0.00790. The average Bonchev–Trinajstić information content (AvgIpc) is 3.76. The number of aromatic nitrogens is 8. The van der Waals surface area contributed by atoms with Crippen LogP contribution in [0.1, 0.15) is 55.0 Å². The Morgan fingerprint density at radius 1 is 1.02 bits per heavy atom. The first-order chi connectivity index (χ1) is 23.0. The number of H-pyrrole nitrogens is 1. The second-order valence-corrected chi connectivity index (χ2v) is 12.7. The van der Waals surface area contributed by atoms with Crippen molar-refractivity contribution in [2.75, 3.05) is 19.7 Å². The predicted octanol–water partition coefficient (Wildman–Crippen LogP) is 5.63. The van der Waals surface area contributed by atoms with E-state index in [1.54, 1.807) is 31.2 Å². The minimum Gasteiger partial charge on any atom is -0.443 e. The molecule has 250 valence electrons. The Balaban J connectivity index is 1.01. The van der Waals surface area contributed by atoms with Crippen molar-refractivity contribution in [3.8, 4) is 23.0 Å². The molecule has 4 aromatic heterocycles. The Hall–Kier alpha value is -4.41. The zero-order chi connectivity index (χ0) is 33.2. The number of pyridine rings is 1. The highest BCUT2D eigenvalue weighted by Gasteiger charge is 2.44. The van der Waals surface area contributed by atoms with E-state index in [-0.39, 0.29) is 29.3 Å². The van der Waals surface area contributed by atoms with Crippen LogP contribution in [0.4, 0.5) is 17.6 Å². The summed E-state index contributed by atoms with van der Waals surface area (Å²) in [5.41, 5.74) is 2.44. The first kappa shape index (κ1) is 30.9. The molecular weight excluding hydrogens is 658 g/mol. The molecule has 0 amide bonds. The van der Waals surface area contributed by atoms with Crippen molar-refractivity contribution in [1.29, 1.82) is 0 Å². The molecule has 48 heavy (non-hydrogen) atoms. The Morgan fingerprint density at radius 3 is 2.50 bits per heavy atom. The molecule has 1 aromatic carbocycles. The van der Waals surface area contributed by atoms with E-state index >= 15 is 0 Å². The van der Waals surface area contributed by atoms with Crippen LogP contribution in [0, 0.1) is 5.82 Å². The van der Waals surface area contributed by atoms with E-state index in [0.717, 1.165) is 43.7 Å². The van der Waals surface area contributed by atoms with Crippen LogP contribution in [0.3, 0.4) is 0 Å². The predicted molar refractivity (Wildman–Crippen MR) is 162 cm³/mol. The maximum Gasteiger partial charge on any atom is 0.451 e. The molecule has 17 heteroatoms. The lowest BCUT2D eigenvalue weighted by Gasteiger charge is -2.33. The van der Waals surface area contributed by atoms with E-state index in [4.69, 9.17) is 30.8 Å². The summed E-state index contributed by atoms with van der Waals surface area (Å²) < 4.78 is 74.1. The molecule has 0 bridgehead atoms. The summed E-state index contributed by atoms with van der Waals surface area (Å²) in [5.74, 6) is -1.88.